The molecule has 1 N–H and O–H groups in total. The molecule has 3 aliphatic rings. The average Bonchev–Trinajstić information content (AvgIpc) is 2.55. The Hall–Kier alpha value is -1.20. The first kappa shape index (κ1) is 20.5. The molecule has 2 aliphatic carbocycles. The lowest BCUT2D eigenvalue weighted by molar-refractivity contribution is -0.271. The molecule has 0 spiro atoms. The van der Waals surface area contributed by atoms with Gasteiger partial charge in [-0.05, 0) is 32.6 Å². The van der Waals surface area contributed by atoms with Crippen LogP contribution in [-0.4, -0.2) is 40.3 Å². The van der Waals surface area contributed by atoms with Crippen molar-refractivity contribution in [2.24, 2.45) is 22.7 Å². The van der Waals surface area contributed by atoms with Gasteiger partial charge in [0.15, 0.2) is 5.78 Å². The van der Waals surface area contributed by atoms with Crippen LogP contribution in [0.5, 0.6) is 0 Å². The van der Waals surface area contributed by atoms with Crippen molar-refractivity contribution in [2.45, 2.75) is 90.6 Å². The van der Waals surface area contributed by atoms with E-state index in [1.54, 1.807) is 6.08 Å². The van der Waals surface area contributed by atoms with Crippen molar-refractivity contribution < 1.29 is 24.2 Å². The normalized spacial score (nSPS) is 48.9. The summed E-state index contributed by atoms with van der Waals surface area (Å²) in [6, 6.07) is 0. The minimum Gasteiger partial charge on any atom is -0.462 e. The molecule has 27 heavy (non-hydrogen) atoms. The summed E-state index contributed by atoms with van der Waals surface area (Å²) in [5.41, 5.74) is -2.35. The molecule has 3 fully saturated rings. The highest BCUT2D eigenvalue weighted by molar-refractivity contribution is 5.89. The molecule has 0 bridgehead atoms. The van der Waals surface area contributed by atoms with Gasteiger partial charge < -0.3 is 14.6 Å². The molecule has 0 aromatic rings. The Labute approximate surface area is 162 Å². The predicted molar refractivity (Wildman–Crippen MR) is 102 cm³/mol. The Kier molecular flexibility index (Phi) is 4.68. The Bertz CT molecular complexity index is 670. The summed E-state index contributed by atoms with van der Waals surface area (Å²) in [4.78, 5) is 24.9. The fourth-order valence-electron chi connectivity index (χ4n) is 6.38. The van der Waals surface area contributed by atoms with E-state index in [1.807, 2.05) is 13.8 Å². The number of esters is 1. The molecule has 0 aromatic heterocycles. The van der Waals surface area contributed by atoms with Gasteiger partial charge in [-0.1, -0.05) is 26.8 Å². The number of aliphatic hydroxyl groups is 1. The van der Waals surface area contributed by atoms with Crippen LogP contribution in [0.15, 0.2) is 12.7 Å². The third-order valence-corrected chi connectivity index (χ3v) is 8.11. The number of ether oxygens (including phenoxy) is 2. The van der Waals surface area contributed by atoms with E-state index in [9.17, 15) is 14.7 Å². The molecule has 5 heteroatoms. The second kappa shape index (κ2) is 6.15. The summed E-state index contributed by atoms with van der Waals surface area (Å²) < 4.78 is 11.9. The van der Waals surface area contributed by atoms with E-state index in [4.69, 9.17) is 9.47 Å². The van der Waals surface area contributed by atoms with Crippen molar-refractivity contribution in [3.63, 3.8) is 0 Å². The molecule has 1 aliphatic heterocycles. The molecule has 0 amide bonds. The summed E-state index contributed by atoms with van der Waals surface area (Å²) >= 11 is 0. The van der Waals surface area contributed by atoms with E-state index in [2.05, 4.69) is 27.4 Å². The zero-order chi connectivity index (χ0) is 20.4. The molecule has 5 nitrogen and oxygen atoms in total. The van der Waals surface area contributed by atoms with Crippen molar-refractivity contribution in [1.82, 2.24) is 0 Å². The number of carbonyl (C=O) groups excluding carboxylic acids is 2. The van der Waals surface area contributed by atoms with Crippen LogP contribution in [0.3, 0.4) is 0 Å². The molecule has 152 valence electrons. The number of rotatable bonds is 2. The smallest absolute Gasteiger partial charge is 0.302 e. The Balaban J connectivity index is 2.04. The monoisotopic (exact) mass is 378 g/mol. The maximum atomic E-state index is 13.3. The Morgan fingerprint density at radius 2 is 1.89 bits per heavy atom. The molecule has 1 saturated heterocycles. The minimum atomic E-state index is -0.933. The second-order valence-corrected chi connectivity index (χ2v) is 10.0. The van der Waals surface area contributed by atoms with Crippen molar-refractivity contribution in [2.75, 3.05) is 0 Å². The van der Waals surface area contributed by atoms with Gasteiger partial charge in [-0.15, -0.1) is 6.58 Å². The third-order valence-electron chi connectivity index (χ3n) is 8.11. The number of carbonyl (C=O) groups is 2. The molecule has 0 aromatic carbocycles. The molecule has 7 atom stereocenters. The zero-order valence-electron chi connectivity index (χ0n) is 17.5. The van der Waals surface area contributed by atoms with Crippen molar-refractivity contribution in [3.05, 3.63) is 12.7 Å². The number of hydrogen-bond donors (Lipinski definition) is 1. The highest BCUT2D eigenvalue weighted by Gasteiger charge is 2.69. The number of aliphatic hydroxyl groups excluding tert-OH is 1. The van der Waals surface area contributed by atoms with Crippen LogP contribution in [0.1, 0.15) is 67.2 Å². The maximum absolute atomic E-state index is 13.3. The molecular formula is C22H34O5. The molecule has 2 saturated carbocycles. The van der Waals surface area contributed by atoms with Crippen LogP contribution in [0, 0.1) is 22.7 Å². The van der Waals surface area contributed by atoms with Crippen molar-refractivity contribution in [1.29, 1.82) is 0 Å². The highest BCUT2D eigenvalue weighted by atomic mass is 16.5. The number of ketones is 1. The third kappa shape index (κ3) is 2.80. The Morgan fingerprint density at radius 3 is 2.44 bits per heavy atom. The average molecular weight is 379 g/mol. The fraction of sp³-hybridized carbons (Fsp3) is 0.818. The van der Waals surface area contributed by atoms with Crippen LogP contribution in [-0.2, 0) is 19.1 Å². The summed E-state index contributed by atoms with van der Waals surface area (Å²) in [5, 5.41) is 11.2. The minimum absolute atomic E-state index is 0.0755. The SMILES string of the molecule is C=CC1(C)CCC2C(C)(O1)C(=O)CC1C(C)(C)C(OC(C)=O)CC(O)C21C. The van der Waals surface area contributed by atoms with Gasteiger partial charge in [0.05, 0.1) is 11.7 Å². The number of hydrogen-bond acceptors (Lipinski definition) is 5. The van der Waals surface area contributed by atoms with Crippen LogP contribution in [0.4, 0.5) is 0 Å². The van der Waals surface area contributed by atoms with Gasteiger partial charge >= 0.3 is 5.97 Å². The van der Waals surface area contributed by atoms with E-state index in [0.717, 1.165) is 12.8 Å². The lowest BCUT2D eigenvalue weighted by atomic mass is 9.42. The van der Waals surface area contributed by atoms with Gasteiger partial charge in [-0.3, -0.25) is 9.59 Å². The molecule has 7 unspecified atom stereocenters. The second-order valence-electron chi connectivity index (χ2n) is 10.0. The lowest BCUT2D eigenvalue weighted by Crippen LogP contribution is -2.71. The van der Waals surface area contributed by atoms with Gasteiger partial charge in [-0.2, -0.15) is 0 Å². The van der Waals surface area contributed by atoms with Crippen LogP contribution in [0.25, 0.3) is 0 Å². The summed E-state index contributed by atoms with van der Waals surface area (Å²) in [6.07, 6.45) is 3.00. The number of fused-ring (bicyclic) bond motifs is 3. The summed E-state index contributed by atoms with van der Waals surface area (Å²) in [7, 11) is 0. The van der Waals surface area contributed by atoms with Gasteiger partial charge in [0.1, 0.15) is 11.7 Å². The van der Waals surface area contributed by atoms with Gasteiger partial charge in [0.25, 0.3) is 0 Å². The van der Waals surface area contributed by atoms with Crippen molar-refractivity contribution >= 4 is 11.8 Å². The quantitative estimate of drug-likeness (QED) is 0.589. The fourth-order valence-corrected chi connectivity index (χ4v) is 6.38. The standard InChI is InChI=1S/C22H34O5/c1-8-20(5)10-9-14-21(6)15(11-17(25)22(14,7)27-20)19(3,4)18(12-16(21)24)26-13(2)23/h8,14-16,18,24H,1,9-12H2,2-7H3. The Morgan fingerprint density at radius 1 is 1.26 bits per heavy atom. The molecular weight excluding hydrogens is 344 g/mol. The van der Waals surface area contributed by atoms with E-state index in [0.29, 0.717) is 12.8 Å². The van der Waals surface area contributed by atoms with Gasteiger partial charge in [0.2, 0.25) is 0 Å². The first-order valence-corrected chi connectivity index (χ1v) is 10.0. The van der Waals surface area contributed by atoms with Crippen molar-refractivity contribution in [3.8, 4) is 0 Å². The van der Waals surface area contributed by atoms with Crippen LogP contribution < -0.4 is 0 Å². The first-order chi connectivity index (χ1) is 12.3. The summed E-state index contributed by atoms with van der Waals surface area (Å²) in [5.74, 6) is -0.442. The predicted octanol–water partition coefficient (Wildman–Crippen LogP) is 3.43. The largest absolute Gasteiger partial charge is 0.462 e. The van der Waals surface area contributed by atoms with Gasteiger partial charge in [-0.25, -0.2) is 0 Å². The summed E-state index contributed by atoms with van der Waals surface area (Å²) in [6.45, 7) is 15.4. The van der Waals surface area contributed by atoms with E-state index < -0.39 is 34.2 Å². The molecule has 0 radical (unpaired) electrons. The highest BCUT2D eigenvalue weighted by Crippen LogP contribution is 2.65. The number of Topliss-reactive ketones (excluding diaryl/α,β-unsaturated/α-hetero) is 1. The van der Waals surface area contributed by atoms with E-state index in [1.165, 1.54) is 6.92 Å². The zero-order valence-corrected chi connectivity index (χ0v) is 17.5. The molecule has 3 rings (SSSR count). The van der Waals surface area contributed by atoms with E-state index in [-0.39, 0.29) is 23.6 Å². The van der Waals surface area contributed by atoms with E-state index >= 15 is 0 Å². The first-order valence-electron chi connectivity index (χ1n) is 10.0. The maximum Gasteiger partial charge on any atom is 0.302 e. The van der Waals surface area contributed by atoms with Gasteiger partial charge in [0, 0.05) is 36.5 Å². The lowest BCUT2D eigenvalue weighted by Gasteiger charge is -2.66. The van der Waals surface area contributed by atoms with Crippen LogP contribution >= 0.6 is 0 Å². The van der Waals surface area contributed by atoms with Crippen LogP contribution in [0.2, 0.25) is 0 Å². The molecule has 1 heterocycles. The topological polar surface area (TPSA) is 72.8 Å².